The van der Waals surface area contributed by atoms with Crippen molar-refractivity contribution in [2.24, 2.45) is 5.41 Å². The summed E-state index contributed by atoms with van der Waals surface area (Å²) in [5, 5.41) is 23.7. The van der Waals surface area contributed by atoms with Crippen LogP contribution in [0.25, 0.3) is 0 Å². The number of rotatable bonds is 8. The van der Waals surface area contributed by atoms with Crippen LogP contribution in [-0.2, 0) is 20.7 Å². The molecule has 2 rings (SSSR count). The molecule has 1 fully saturated rings. The molecule has 10 heteroatoms. The van der Waals surface area contributed by atoms with E-state index in [-0.39, 0.29) is 24.0 Å². The molecule has 1 heterocycles. The van der Waals surface area contributed by atoms with Crippen LogP contribution < -0.4 is 5.32 Å². The Morgan fingerprint density at radius 2 is 1.88 bits per heavy atom. The first kappa shape index (κ1) is 26.9. The lowest BCUT2D eigenvalue weighted by molar-refractivity contribution is -0.235. The number of halogens is 2. The number of aliphatic hydroxyl groups is 1. The SMILES string of the molecule is CC[C@H]1[C@H](OCC(C)(C)C)OC[C@H]([C@@H](O)[C@H](Cc2cc(F)cc(F)c2)NC(C)=O)N1C(=O)O. The van der Waals surface area contributed by atoms with E-state index >= 15 is 0 Å². The van der Waals surface area contributed by atoms with Gasteiger partial charge < -0.3 is 25.0 Å². The molecule has 1 aliphatic rings. The third-order valence-electron chi connectivity index (χ3n) is 5.35. The summed E-state index contributed by atoms with van der Waals surface area (Å²) in [6, 6.07) is 0.186. The van der Waals surface area contributed by atoms with Crippen molar-refractivity contribution in [3.63, 3.8) is 0 Å². The Balaban J connectivity index is 2.29. The smallest absolute Gasteiger partial charge is 0.408 e. The summed E-state index contributed by atoms with van der Waals surface area (Å²) in [4.78, 5) is 25.1. The largest absolute Gasteiger partial charge is 0.465 e. The van der Waals surface area contributed by atoms with Gasteiger partial charge in [0, 0.05) is 13.0 Å². The third-order valence-corrected chi connectivity index (χ3v) is 5.35. The summed E-state index contributed by atoms with van der Waals surface area (Å²) in [5.41, 5.74) is 0.0466. The van der Waals surface area contributed by atoms with Gasteiger partial charge in [-0.3, -0.25) is 9.69 Å². The van der Waals surface area contributed by atoms with E-state index < -0.39 is 54.2 Å². The average molecular weight is 473 g/mol. The zero-order valence-electron chi connectivity index (χ0n) is 19.7. The van der Waals surface area contributed by atoms with Crippen molar-refractivity contribution in [1.82, 2.24) is 10.2 Å². The first-order valence-electron chi connectivity index (χ1n) is 11.0. The maximum atomic E-state index is 13.7. The molecule has 1 aromatic rings. The molecule has 0 radical (unpaired) electrons. The number of carboxylic acid groups (broad SMARTS) is 1. The molecule has 186 valence electrons. The lowest BCUT2D eigenvalue weighted by atomic mass is 9.93. The van der Waals surface area contributed by atoms with Gasteiger partial charge in [-0.25, -0.2) is 13.6 Å². The number of carbonyl (C=O) groups is 2. The van der Waals surface area contributed by atoms with Gasteiger partial charge in [0.25, 0.3) is 0 Å². The van der Waals surface area contributed by atoms with E-state index in [9.17, 15) is 28.6 Å². The molecule has 1 aromatic carbocycles. The van der Waals surface area contributed by atoms with E-state index in [1.165, 1.54) is 6.92 Å². The van der Waals surface area contributed by atoms with Crippen molar-refractivity contribution in [2.45, 2.75) is 78.0 Å². The molecule has 5 atom stereocenters. The van der Waals surface area contributed by atoms with E-state index in [0.717, 1.165) is 23.1 Å². The minimum atomic E-state index is -1.41. The minimum absolute atomic E-state index is 0.111. The average Bonchev–Trinajstić information content (AvgIpc) is 2.68. The van der Waals surface area contributed by atoms with Gasteiger partial charge in [-0.05, 0) is 36.0 Å². The van der Waals surface area contributed by atoms with Gasteiger partial charge in [0.15, 0.2) is 6.29 Å². The van der Waals surface area contributed by atoms with Crippen molar-refractivity contribution in [1.29, 1.82) is 0 Å². The molecule has 8 nitrogen and oxygen atoms in total. The highest BCUT2D eigenvalue weighted by Crippen LogP contribution is 2.28. The van der Waals surface area contributed by atoms with Crippen LogP contribution in [0.1, 0.15) is 46.6 Å². The second-order valence-electron chi connectivity index (χ2n) is 9.59. The highest BCUT2D eigenvalue weighted by Gasteiger charge is 2.46. The molecular weight excluding hydrogens is 438 g/mol. The molecular formula is C23H34F2N2O6. The number of nitrogens with one attached hydrogen (secondary N) is 1. The van der Waals surface area contributed by atoms with Crippen molar-refractivity contribution in [3.8, 4) is 0 Å². The number of hydrogen-bond donors (Lipinski definition) is 3. The number of morpholine rings is 1. The summed E-state index contributed by atoms with van der Waals surface area (Å²) in [6.45, 7) is 9.13. The molecule has 1 aliphatic heterocycles. The maximum absolute atomic E-state index is 13.7. The zero-order chi connectivity index (χ0) is 24.9. The van der Waals surface area contributed by atoms with Crippen LogP contribution in [0.4, 0.5) is 13.6 Å². The van der Waals surface area contributed by atoms with E-state index in [1.807, 2.05) is 20.8 Å². The standard InChI is InChI=1S/C23H34F2N2O6/c1-6-18-21(33-12-23(3,4)5)32-11-19(27(18)22(30)31)20(29)17(26-13(2)28)9-14-7-15(24)10-16(25)8-14/h7-8,10,17-21,29H,6,9,11-12H2,1-5H3,(H,26,28)(H,30,31)/t17-,18-,19+,20-,21-/m0/s1. The van der Waals surface area contributed by atoms with Gasteiger partial charge >= 0.3 is 6.09 Å². The molecule has 0 aliphatic carbocycles. The normalized spacial score (nSPS) is 23.2. The van der Waals surface area contributed by atoms with Gasteiger partial charge in [-0.2, -0.15) is 0 Å². The number of nitrogens with zero attached hydrogens (tertiary/aromatic N) is 1. The number of aliphatic hydroxyl groups excluding tert-OH is 1. The molecule has 33 heavy (non-hydrogen) atoms. The monoisotopic (exact) mass is 472 g/mol. The maximum Gasteiger partial charge on any atom is 0.408 e. The summed E-state index contributed by atoms with van der Waals surface area (Å²) >= 11 is 0. The summed E-state index contributed by atoms with van der Waals surface area (Å²) in [5.74, 6) is -2.06. The van der Waals surface area contributed by atoms with Crippen molar-refractivity contribution in [2.75, 3.05) is 13.2 Å². The molecule has 2 amide bonds. The highest BCUT2D eigenvalue weighted by atomic mass is 19.1. The topological polar surface area (TPSA) is 108 Å². The Hall–Kier alpha value is -2.30. The van der Waals surface area contributed by atoms with Crippen LogP contribution in [0.15, 0.2) is 18.2 Å². The van der Waals surface area contributed by atoms with E-state index in [0.29, 0.717) is 13.0 Å². The van der Waals surface area contributed by atoms with Crippen molar-refractivity contribution < 1.29 is 38.1 Å². The fourth-order valence-electron chi connectivity index (χ4n) is 3.96. The van der Waals surface area contributed by atoms with Crippen LogP contribution in [0.2, 0.25) is 0 Å². The van der Waals surface area contributed by atoms with Crippen LogP contribution in [0, 0.1) is 17.0 Å². The molecule has 0 bridgehead atoms. The number of benzene rings is 1. The number of hydrogen-bond acceptors (Lipinski definition) is 5. The van der Waals surface area contributed by atoms with Crippen molar-refractivity contribution >= 4 is 12.0 Å². The molecule has 0 saturated carbocycles. The second-order valence-corrected chi connectivity index (χ2v) is 9.59. The molecule has 0 unspecified atom stereocenters. The van der Waals surface area contributed by atoms with E-state index in [2.05, 4.69) is 5.32 Å². The Morgan fingerprint density at radius 1 is 1.27 bits per heavy atom. The van der Waals surface area contributed by atoms with Gasteiger partial charge in [0.1, 0.15) is 11.6 Å². The lowest BCUT2D eigenvalue weighted by Crippen LogP contribution is -2.65. The summed E-state index contributed by atoms with van der Waals surface area (Å²) in [6.07, 6.45) is -3.24. The Morgan fingerprint density at radius 3 is 2.36 bits per heavy atom. The molecule has 3 N–H and O–H groups in total. The van der Waals surface area contributed by atoms with Gasteiger partial charge in [0.2, 0.25) is 5.91 Å². The van der Waals surface area contributed by atoms with Gasteiger partial charge in [-0.15, -0.1) is 0 Å². The van der Waals surface area contributed by atoms with Crippen LogP contribution >= 0.6 is 0 Å². The highest BCUT2D eigenvalue weighted by molar-refractivity contribution is 5.73. The molecule has 1 saturated heterocycles. The molecule has 0 aromatic heterocycles. The third kappa shape index (κ3) is 7.62. The van der Waals surface area contributed by atoms with Gasteiger partial charge in [-0.1, -0.05) is 27.7 Å². The van der Waals surface area contributed by atoms with Crippen LogP contribution in [0.3, 0.4) is 0 Å². The first-order valence-corrected chi connectivity index (χ1v) is 11.0. The van der Waals surface area contributed by atoms with Crippen molar-refractivity contribution in [3.05, 3.63) is 35.4 Å². The number of carbonyl (C=O) groups excluding carboxylic acids is 1. The Labute approximate surface area is 192 Å². The Kier molecular flexibility index (Phi) is 9.16. The predicted molar refractivity (Wildman–Crippen MR) is 117 cm³/mol. The first-order chi connectivity index (χ1) is 15.3. The zero-order valence-corrected chi connectivity index (χ0v) is 19.7. The van der Waals surface area contributed by atoms with E-state index in [1.54, 1.807) is 6.92 Å². The van der Waals surface area contributed by atoms with E-state index in [4.69, 9.17) is 9.47 Å². The fourth-order valence-corrected chi connectivity index (χ4v) is 3.96. The summed E-state index contributed by atoms with van der Waals surface area (Å²) in [7, 11) is 0. The Bertz CT molecular complexity index is 811. The fraction of sp³-hybridized carbons (Fsp3) is 0.652. The van der Waals surface area contributed by atoms with Gasteiger partial charge in [0.05, 0.1) is 37.4 Å². The second kappa shape index (κ2) is 11.2. The lowest BCUT2D eigenvalue weighted by Gasteiger charge is -2.47. The minimum Gasteiger partial charge on any atom is -0.465 e. The van der Waals surface area contributed by atoms with Crippen LogP contribution in [0.5, 0.6) is 0 Å². The summed E-state index contributed by atoms with van der Waals surface area (Å²) < 4.78 is 39.0. The quantitative estimate of drug-likeness (QED) is 0.537. The number of ether oxygens (including phenoxy) is 2. The molecule has 0 spiro atoms. The van der Waals surface area contributed by atoms with Crippen LogP contribution in [-0.4, -0.2) is 70.8 Å². The number of amides is 2. The predicted octanol–water partition coefficient (Wildman–Crippen LogP) is 2.92.